The van der Waals surface area contributed by atoms with Crippen molar-refractivity contribution in [1.82, 2.24) is 0 Å². The third-order valence-corrected chi connectivity index (χ3v) is 5.10. The fraction of sp³-hybridized carbons (Fsp3) is 0. The van der Waals surface area contributed by atoms with Gasteiger partial charge < -0.3 is 31.7 Å². The number of nitrogens with two attached hydrogens (primary N) is 2. The predicted molar refractivity (Wildman–Crippen MR) is 143 cm³/mol. The summed E-state index contributed by atoms with van der Waals surface area (Å²) in [5.74, 6) is -0.629. The number of rotatable bonds is 4. The van der Waals surface area contributed by atoms with E-state index in [4.69, 9.17) is 26.6 Å². The number of aromatic hydroxyl groups is 2. The lowest BCUT2D eigenvalue weighted by molar-refractivity contribution is 0.0992. The smallest absolute Gasteiger partial charge is 0.488 e. The average Bonchev–Trinajstić information content (AvgIpc) is 2.85. The van der Waals surface area contributed by atoms with Gasteiger partial charge in [-0.25, -0.2) is 0 Å². The van der Waals surface area contributed by atoms with E-state index in [1.165, 1.54) is 18.2 Å². The Balaban J connectivity index is 0.000000200. The SMILES string of the molecule is NC(=O)c1cccc(-c2cccc(O)c2)c1.NC(=O)c1cccc(Br)c1.OB(O)c1cccc(O)c1. The highest BCUT2D eigenvalue weighted by molar-refractivity contribution is 9.10. The van der Waals surface area contributed by atoms with Gasteiger partial charge in [0.05, 0.1) is 0 Å². The zero-order chi connectivity index (χ0) is 26.7. The molecule has 0 spiro atoms. The molecule has 4 aromatic carbocycles. The molecule has 0 radical (unpaired) electrons. The molecule has 0 saturated heterocycles. The molecule has 2 amide bonds. The third-order valence-electron chi connectivity index (χ3n) is 4.60. The van der Waals surface area contributed by atoms with Crippen LogP contribution in [0.4, 0.5) is 0 Å². The molecule has 184 valence electrons. The summed E-state index contributed by atoms with van der Waals surface area (Å²) >= 11 is 3.22. The largest absolute Gasteiger partial charge is 0.508 e. The summed E-state index contributed by atoms with van der Waals surface area (Å²) < 4.78 is 0.865. The van der Waals surface area contributed by atoms with Gasteiger partial charge in [-0.05, 0) is 71.2 Å². The first-order valence-electron chi connectivity index (χ1n) is 10.5. The zero-order valence-electron chi connectivity index (χ0n) is 19.0. The van der Waals surface area contributed by atoms with Gasteiger partial charge in [0.25, 0.3) is 0 Å². The Morgan fingerprint density at radius 2 is 1.11 bits per heavy atom. The van der Waals surface area contributed by atoms with E-state index in [-0.39, 0.29) is 11.5 Å². The first kappa shape index (κ1) is 28.1. The second-order valence-corrected chi connectivity index (χ2v) is 8.25. The molecule has 0 bridgehead atoms. The van der Waals surface area contributed by atoms with Crippen LogP contribution >= 0.6 is 15.9 Å². The molecule has 10 heteroatoms. The molecule has 36 heavy (non-hydrogen) atoms. The van der Waals surface area contributed by atoms with Gasteiger partial charge in [0.2, 0.25) is 11.8 Å². The van der Waals surface area contributed by atoms with E-state index in [0.717, 1.165) is 15.6 Å². The maximum Gasteiger partial charge on any atom is 0.488 e. The van der Waals surface area contributed by atoms with Crippen LogP contribution in [0.3, 0.4) is 0 Å². The molecule has 0 fully saturated rings. The highest BCUT2D eigenvalue weighted by atomic mass is 79.9. The van der Waals surface area contributed by atoms with Gasteiger partial charge in [-0.2, -0.15) is 0 Å². The van der Waals surface area contributed by atoms with E-state index in [0.29, 0.717) is 16.6 Å². The summed E-state index contributed by atoms with van der Waals surface area (Å²) in [5.41, 5.74) is 13.2. The van der Waals surface area contributed by atoms with Gasteiger partial charge in [0.1, 0.15) is 11.5 Å². The van der Waals surface area contributed by atoms with Crippen LogP contribution < -0.4 is 16.9 Å². The van der Waals surface area contributed by atoms with Crippen molar-refractivity contribution in [2.24, 2.45) is 11.5 Å². The minimum Gasteiger partial charge on any atom is -0.508 e. The Hall–Kier alpha value is -4.12. The lowest BCUT2D eigenvalue weighted by atomic mass is 9.80. The molecule has 0 heterocycles. The van der Waals surface area contributed by atoms with Crippen molar-refractivity contribution < 1.29 is 29.9 Å². The van der Waals surface area contributed by atoms with Crippen molar-refractivity contribution in [3.63, 3.8) is 0 Å². The normalized spacial score (nSPS) is 9.64. The minimum absolute atomic E-state index is 0.0330. The van der Waals surface area contributed by atoms with Crippen LogP contribution in [0.5, 0.6) is 11.5 Å². The molecule has 0 atom stereocenters. The summed E-state index contributed by atoms with van der Waals surface area (Å²) in [7, 11) is -1.51. The minimum atomic E-state index is -1.51. The predicted octanol–water partition coefficient (Wildman–Crippen LogP) is 2.78. The Bertz CT molecular complexity index is 1330. The van der Waals surface area contributed by atoms with Gasteiger partial charge in [0, 0.05) is 15.6 Å². The van der Waals surface area contributed by atoms with Gasteiger partial charge >= 0.3 is 7.12 Å². The number of primary amides is 2. The number of phenolic OH excluding ortho intramolecular Hbond substituents is 2. The molecule has 8 nitrogen and oxygen atoms in total. The topological polar surface area (TPSA) is 167 Å². The van der Waals surface area contributed by atoms with E-state index in [1.807, 2.05) is 18.2 Å². The number of amides is 2. The summed E-state index contributed by atoms with van der Waals surface area (Å²) in [6.07, 6.45) is 0. The summed E-state index contributed by atoms with van der Waals surface area (Å²) in [6, 6.07) is 26.6. The second-order valence-electron chi connectivity index (χ2n) is 7.34. The van der Waals surface area contributed by atoms with Gasteiger partial charge in [0.15, 0.2) is 0 Å². The third kappa shape index (κ3) is 9.26. The molecule has 0 aliphatic heterocycles. The molecular formula is C26H24BBrN2O6. The van der Waals surface area contributed by atoms with Crippen molar-refractivity contribution in [3.05, 3.63) is 113 Å². The molecule has 0 unspecified atom stereocenters. The standard InChI is InChI=1S/C13H11NO2.C7H6BrNO.C6H7BO3/c14-13(16)11-5-1-3-9(7-11)10-4-2-6-12(15)8-10;2*8-6-3-1-2-5(4-6)7(9)10/h1-8,15H,(H2,14,16);1-4H,(H2,9,10);1-4,8-10H. The van der Waals surface area contributed by atoms with Crippen LogP contribution in [-0.2, 0) is 0 Å². The van der Waals surface area contributed by atoms with E-state index >= 15 is 0 Å². The highest BCUT2D eigenvalue weighted by Crippen LogP contribution is 2.23. The summed E-state index contributed by atoms with van der Waals surface area (Å²) in [6.45, 7) is 0. The quantitative estimate of drug-likeness (QED) is 0.213. The Morgan fingerprint density at radius 1 is 0.639 bits per heavy atom. The average molecular weight is 551 g/mol. The number of hydrogen-bond acceptors (Lipinski definition) is 6. The number of phenols is 2. The van der Waals surface area contributed by atoms with Crippen LogP contribution in [0.2, 0.25) is 0 Å². The van der Waals surface area contributed by atoms with E-state index < -0.39 is 18.9 Å². The van der Waals surface area contributed by atoms with E-state index in [2.05, 4.69) is 15.9 Å². The lowest BCUT2D eigenvalue weighted by Crippen LogP contribution is -2.29. The van der Waals surface area contributed by atoms with Gasteiger partial charge in [-0.15, -0.1) is 0 Å². The number of hydrogen-bond donors (Lipinski definition) is 6. The van der Waals surface area contributed by atoms with Crippen molar-refractivity contribution >= 4 is 40.3 Å². The molecule has 4 aromatic rings. The first-order chi connectivity index (χ1) is 17.1. The maximum atomic E-state index is 11.0. The molecule has 0 saturated carbocycles. The first-order valence-corrected chi connectivity index (χ1v) is 11.3. The summed E-state index contributed by atoms with van der Waals surface area (Å²) in [4.78, 5) is 21.6. The number of halogens is 1. The Labute approximate surface area is 216 Å². The van der Waals surface area contributed by atoms with Crippen molar-refractivity contribution in [2.45, 2.75) is 0 Å². The van der Waals surface area contributed by atoms with Gasteiger partial charge in [-0.1, -0.05) is 58.4 Å². The van der Waals surface area contributed by atoms with E-state index in [9.17, 15) is 14.7 Å². The van der Waals surface area contributed by atoms with Crippen LogP contribution in [0, 0.1) is 0 Å². The van der Waals surface area contributed by atoms with Crippen molar-refractivity contribution in [1.29, 1.82) is 0 Å². The second kappa shape index (κ2) is 13.7. The molecule has 8 N–H and O–H groups in total. The van der Waals surface area contributed by atoms with Crippen LogP contribution in [-0.4, -0.2) is 39.2 Å². The van der Waals surface area contributed by atoms with Crippen LogP contribution in [0.1, 0.15) is 20.7 Å². The lowest BCUT2D eigenvalue weighted by Gasteiger charge is -2.03. The van der Waals surface area contributed by atoms with E-state index in [1.54, 1.807) is 60.7 Å². The molecule has 0 aliphatic rings. The maximum absolute atomic E-state index is 11.0. The van der Waals surface area contributed by atoms with Crippen molar-refractivity contribution in [2.75, 3.05) is 0 Å². The van der Waals surface area contributed by atoms with Gasteiger partial charge in [-0.3, -0.25) is 9.59 Å². The fourth-order valence-electron chi connectivity index (χ4n) is 2.86. The molecule has 4 rings (SSSR count). The molecule has 0 aromatic heterocycles. The highest BCUT2D eigenvalue weighted by Gasteiger charge is 2.09. The van der Waals surface area contributed by atoms with Crippen LogP contribution in [0.25, 0.3) is 11.1 Å². The van der Waals surface area contributed by atoms with Crippen LogP contribution in [0.15, 0.2) is 102 Å². The number of carbonyl (C=O) groups is 2. The molecular weight excluding hydrogens is 527 g/mol. The van der Waals surface area contributed by atoms with Crippen molar-refractivity contribution in [3.8, 4) is 22.6 Å². The number of benzene rings is 4. The number of carbonyl (C=O) groups excluding carboxylic acids is 2. The zero-order valence-corrected chi connectivity index (χ0v) is 20.5. The Morgan fingerprint density at radius 3 is 1.56 bits per heavy atom. The molecule has 0 aliphatic carbocycles. The summed E-state index contributed by atoms with van der Waals surface area (Å²) in [5, 5.41) is 35.4. The monoisotopic (exact) mass is 550 g/mol. The fourth-order valence-corrected chi connectivity index (χ4v) is 3.26. The Kier molecular flexibility index (Phi) is 10.7.